The van der Waals surface area contributed by atoms with Crippen LogP contribution in [0.1, 0.15) is 32.6 Å². The van der Waals surface area contributed by atoms with E-state index in [0.29, 0.717) is 11.4 Å². The average molecular weight is 300 g/mol. The molecule has 1 atom stereocenters. The number of aryl methyl sites for hydroxylation is 1. The van der Waals surface area contributed by atoms with E-state index in [9.17, 15) is 8.42 Å². The van der Waals surface area contributed by atoms with Crippen molar-refractivity contribution in [2.45, 2.75) is 50.1 Å². The van der Waals surface area contributed by atoms with Crippen LogP contribution in [0.5, 0.6) is 0 Å². The van der Waals surface area contributed by atoms with Crippen LogP contribution in [0.3, 0.4) is 0 Å². The highest BCUT2D eigenvalue weighted by Gasteiger charge is 2.31. The number of sulfonamides is 1. The number of hydrogen-bond acceptors (Lipinski definition) is 4. The highest BCUT2D eigenvalue weighted by molar-refractivity contribution is 7.89. The first-order chi connectivity index (χ1) is 9.55. The van der Waals surface area contributed by atoms with Crippen molar-refractivity contribution >= 4 is 10.0 Å². The molecular formula is C13H24N4O2S. The SMILES string of the molecule is CNCCCn1cc(S(=O)(=O)N2CCCCC2C)cn1. The summed E-state index contributed by atoms with van der Waals surface area (Å²) in [4.78, 5) is 0.315. The smallest absolute Gasteiger partial charge is 0.246 e. The number of aromatic nitrogens is 2. The molecule has 1 aromatic rings. The van der Waals surface area contributed by atoms with Crippen molar-refractivity contribution in [3.05, 3.63) is 12.4 Å². The molecule has 1 fully saturated rings. The first-order valence-electron chi connectivity index (χ1n) is 7.24. The molecule has 2 heterocycles. The third kappa shape index (κ3) is 3.39. The van der Waals surface area contributed by atoms with Crippen LogP contribution in [-0.4, -0.2) is 48.7 Å². The molecule has 114 valence electrons. The van der Waals surface area contributed by atoms with E-state index in [1.807, 2.05) is 14.0 Å². The van der Waals surface area contributed by atoms with Crippen LogP contribution >= 0.6 is 0 Å². The van der Waals surface area contributed by atoms with Crippen LogP contribution < -0.4 is 5.32 Å². The predicted molar refractivity (Wildman–Crippen MR) is 78.0 cm³/mol. The first kappa shape index (κ1) is 15.5. The molecule has 7 heteroatoms. The van der Waals surface area contributed by atoms with Gasteiger partial charge in [-0.25, -0.2) is 8.42 Å². The Hall–Kier alpha value is -0.920. The van der Waals surface area contributed by atoms with Crippen molar-refractivity contribution in [2.24, 2.45) is 0 Å². The third-order valence-corrected chi connectivity index (χ3v) is 5.74. The third-order valence-electron chi connectivity index (χ3n) is 3.77. The molecule has 1 N–H and O–H groups in total. The van der Waals surface area contributed by atoms with Crippen molar-refractivity contribution in [3.8, 4) is 0 Å². The van der Waals surface area contributed by atoms with Crippen LogP contribution in [-0.2, 0) is 16.6 Å². The lowest BCUT2D eigenvalue weighted by atomic mass is 10.1. The van der Waals surface area contributed by atoms with E-state index < -0.39 is 10.0 Å². The summed E-state index contributed by atoms with van der Waals surface area (Å²) in [6.07, 6.45) is 7.03. The molecule has 1 unspecified atom stereocenters. The second-order valence-corrected chi connectivity index (χ2v) is 7.25. The zero-order valence-corrected chi connectivity index (χ0v) is 13.1. The van der Waals surface area contributed by atoms with Crippen LogP contribution in [0.4, 0.5) is 0 Å². The summed E-state index contributed by atoms with van der Waals surface area (Å²) < 4.78 is 28.5. The average Bonchev–Trinajstić information content (AvgIpc) is 2.89. The Bertz CT molecular complexity index is 526. The van der Waals surface area contributed by atoms with Crippen molar-refractivity contribution in [3.63, 3.8) is 0 Å². The Morgan fingerprint density at radius 3 is 2.95 bits per heavy atom. The monoisotopic (exact) mass is 300 g/mol. The Balaban J connectivity index is 2.09. The van der Waals surface area contributed by atoms with Gasteiger partial charge in [-0.05, 0) is 39.8 Å². The van der Waals surface area contributed by atoms with Crippen molar-refractivity contribution < 1.29 is 8.42 Å². The Morgan fingerprint density at radius 2 is 2.25 bits per heavy atom. The van der Waals surface area contributed by atoms with E-state index in [4.69, 9.17) is 0 Å². The number of rotatable bonds is 6. The van der Waals surface area contributed by atoms with E-state index in [-0.39, 0.29) is 6.04 Å². The fourth-order valence-electron chi connectivity index (χ4n) is 2.58. The molecule has 0 aromatic carbocycles. The maximum Gasteiger partial charge on any atom is 0.246 e. The fourth-order valence-corrected chi connectivity index (χ4v) is 4.24. The van der Waals surface area contributed by atoms with Crippen LogP contribution in [0, 0.1) is 0 Å². The van der Waals surface area contributed by atoms with Gasteiger partial charge in [0.25, 0.3) is 0 Å². The van der Waals surface area contributed by atoms with Crippen LogP contribution in [0.15, 0.2) is 17.3 Å². The molecule has 0 bridgehead atoms. The molecule has 20 heavy (non-hydrogen) atoms. The van der Waals surface area contributed by atoms with Gasteiger partial charge in [-0.1, -0.05) is 6.42 Å². The molecule has 1 aliphatic rings. The van der Waals surface area contributed by atoms with Crippen LogP contribution in [0.25, 0.3) is 0 Å². The maximum absolute atomic E-state index is 12.6. The number of hydrogen-bond donors (Lipinski definition) is 1. The van der Waals surface area contributed by atoms with E-state index in [1.165, 1.54) is 6.20 Å². The van der Waals surface area contributed by atoms with E-state index in [2.05, 4.69) is 10.4 Å². The topological polar surface area (TPSA) is 67.2 Å². The predicted octanol–water partition coefficient (Wildman–Crippen LogP) is 1.06. The fraction of sp³-hybridized carbons (Fsp3) is 0.769. The van der Waals surface area contributed by atoms with Gasteiger partial charge in [-0.2, -0.15) is 9.40 Å². The zero-order valence-electron chi connectivity index (χ0n) is 12.2. The molecular weight excluding hydrogens is 276 g/mol. The van der Waals surface area contributed by atoms with E-state index in [0.717, 1.165) is 38.8 Å². The van der Waals surface area contributed by atoms with Gasteiger partial charge in [0.05, 0.1) is 6.20 Å². The van der Waals surface area contributed by atoms with Gasteiger partial charge in [-0.3, -0.25) is 4.68 Å². The maximum atomic E-state index is 12.6. The van der Waals surface area contributed by atoms with E-state index >= 15 is 0 Å². The minimum atomic E-state index is -3.39. The normalized spacial score (nSPS) is 21.2. The summed E-state index contributed by atoms with van der Waals surface area (Å²) in [5.41, 5.74) is 0. The summed E-state index contributed by atoms with van der Waals surface area (Å²) in [6, 6.07) is 0.0846. The second kappa shape index (κ2) is 6.69. The van der Waals surface area contributed by atoms with Gasteiger partial charge in [0.15, 0.2) is 0 Å². The highest BCUT2D eigenvalue weighted by Crippen LogP contribution is 2.24. The number of nitrogens with zero attached hydrogens (tertiary/aromatic N) is 3. The van der Waals surface area contributed by atoms with Gasteiger partial charge >= 0.3 is 0 Å². The van der Waals surface area contributed by atoms with Crippen molar-refractivity contribution in [2.75, 3.05) is 20.1 Å². The highest BCUT2D eigenvalue weighted by atomic mass is 32.2. The minimum absolute atomic E-state index is 0.0846. The molecule has 0 saturated carbocycles. The van der Waals surface area contributed by atoms with Crippen molar-refractivity contribution in [1.29, 1.82) is 0 Å². The molecule has 6 nitrogen and oxygen atoms in total. The molecule has 2 rings (SSSR count). The largest absolute Gasteiger partial charge is 0.320 e. The lowest BCUT2D eigenvalue weighted by Gasteiger charge is -2.31. The Labute approximate surface area is 121 Å². The number of nitrogens with one attached hydrogen (secondary N) is 1. The second-order valence-electron chi connectivity index (χ2n) is 5.36. The summed E-state index contributed by atoms with van der Waals surface area (Å²) in [7, 11) is -1.49. The van der Waals surface area contributed by atoms with Crippen molar-refractivity contribution in [1.82, 2.24) is 19.4 Å². The standard InChI is InChI=1S/C13H24N4O2S/c1-12-6-3-4-9-17(12)20(18,19)13-10-15-16(11-13)8-5-7-14-2/h10-12,14H,3-9H2,1-2H3. The summed E-state index contributed by atoms with van der Waals surface area (Å²) in [5, 5.41) is 7.22. The van der Waals surface area contributed by atoms with Crippen LogP contribution in [0.2, 0.25) is 0 Å². The lowest BCUT2D eigenvalue weighted by Crippen LogP contribution is -2.41. The lowest BCUT2D eigenvalue weighted by molar-refractivity contribution is 0.268. The zero-order chi connectivity index (χ0) is 14.6. The molecule has 0 aliphatic carbocycles. The minimum Gasteiger partial charge on any atom is -0.320 e. The van der Waals surface area contributed by atoms with E-state index in [1.54, 1.807) is 15.2 Å². The molecule has 0 radical (unpaired) electrons. The van der Waals surface area contributed by atoms with Gasteiger partial charge in [0.2, 0.25) is 10.0 Å². The molecule has 0 amide bonds. The molecule has 1 aliphatic heterocycles. The first-order valence-corrected chi connectivity index (χ1v) is 8.68. The number of piperidine rings is 1. The summed E-state index contributed by atoms with van der Waals surface area (Å²) in [6.45, 7) is 4.22. The van der Waals surface area contributed by atoms with Gasteiger partial charge in [0.1, 0.15) is 4.90 Å². The summed E-state index contributed by atoms with van der Waals surface area (Å²) in [5.74, 6) is 0. The Kier molecular flexibility index (Phi) is 5.17. The quantitative estimate of drug-likeness (QED) is 0.798. The van der Waals surface area contributed by atoms with Gasteiger partial charge < -0.3 is 5.32 Å². The van der Waals surface area contributed by atoms with Gasteiger partial charge in [-0.15, -0.1) is 0 Å². The molecule has 0 spiro atoms. The van der Waals surface area contributed by atoms with Gasteiger partial charge in [0, 0.05) is 25.3 Å². The summed E-state index contributed by atoms with van der Waals surface area (Å²) >= 11 is 0. The molecule has 1 aromatic heterocycles. The Morgan fingerprint density at radius 1 is 1.45 bits per heavy atom. The molecule has 1 saturated heterocycles.